The van der Waals surface area contributed by atoms with Crippen molar-refractivity contribution in [2.24, 2.45) is 5.92 Å². The second-order valence-corrected chi connectivity index (χ2v) is 4.64. The molecule has 0 heterocycles. The Bertz CT molecular complexity index is 250. The number of hydrogen-bond acceptors (Lipinski definition) is 3. The molecule has 1 aliphatic rings. The maximum atomic E-state index is 11.3. The van der Waals surface area contributed by atoms with Crippen LogP contribution < -0.4 is 16.0 Å². The van der Waals surface area contributed by atoms with E-state index in [1.807, 2.05) is 13.8 Å². The highest BCUT2D eigenvalue weighted by molar-refractivity contribution is 5.81. The van der Waals surface area contributed by atoms with E-state index in [1.54, 1.807) is 0 Å². The van der Waals surface area contributed by atoms with Gasteiger partial charge in [-0.1, -0.05) is 13.8 Å². The summed E-state index contributed by atoms with van der Waals surface area (Å²) in [6, 6.07) is 0.379. The van der Waals surface area contributed by atoms with Gasteiger partial charge in [0, 0.05) is 12.6 Å². The number of carbonyl (C=O) groups is 2. The molecule has 3 N–H and O–H groups in total. The number of nitrogens with one attached hydrogen (secondary N) is 3. The maximum absolute atomic E-state index is 11.3. The van der Waals surface area contributed by atoms with Crippen molar-refractivity contribution >= 4 is 11.8 Å². The minimum atomic E-state index is -0.0621. The third-order valence-electron chi connectivity index (χ3n) is 2.22. The van der Waals surface area contributed by atoms with E-state index >= 15 is 0 Å². The molecule has 0 saturated heterocycles. The molecule has 0 atom stereocenters. The Labute approximate surface area is 96.4 Å². The average Bonchev–Trinajstić information content (AvgIpc) is 2.98. The van der Waals surface area contributed by atoms with Gasteiger partial charge in [0.1, 0.15) is 0 Å². The molecule has 1 rings (SSSR count). The molecule has 5 nitrogen and oxygen atoms in total. The van der Waals surface area contributed by atoms with Gasteiger partial charge < -0.3 is 10.6 Å². The molecule has 92 valence electrons. The fourth-order valence-corrected chi connectivity index (χ4v) is 1.18. The van der Waals surface area contributed by atoms with E-state index in [-0.39, 0.29) is 24.9 Å². The van der Waals surface area contributed by atoms with Crippen molar-refractivity contribution in [3.8, 4) is 0 Å². The van der Waals surface area contributed by atoms with Gasteiger partial charge in [-0.15, -0.1) is 0 Å². The van der Waals surface area contributed by atoms with Crippen LogP contribution in [0.3, 0.4) is 0 Å². The molecule has 2 amide bonds. The molecule has 16 heavy (non-hydrogen) atoms. The molecule has 0 bridgehead atoms. The first-order valence-corrected chi connectivity index (χ1v) is 5.84. The zero-order valence-corrected chi connectivity index (χ0v) is 10.0. The van der Waals surface area contributed by atoms with Crippen molar-refractivity contribution in [3.05, 3.63) is 0 Å². The van der Waals surface area contributed by atoms with Gasteiger partial charge in [-0.05, 0) is 18.8 Å². The summed E-state index contributed by atoms with van der Waals surface area (Å²) in [4.78, 5) is 22.5. The van der Waals surface area contributed by atoms with Gasteiger partial charge in [0.05, 0.1) is 13.1 Å². The summed E-state index contributed by atoms with van der Waals surface area (Å²) in [7, 11) is 0. The summed E-state index contributed by atoms with van der Waals surface area (Å²) in [5, 5.41) is 8.44. The maximum Gasteiger partial charge on any atom is 0.234 e. The third kappa shape index (κ3) is 6.40. The summed E-state index contributed by atoms with van der Waals surface area (Å²) in [5.41, 5.74) is 0. The van der Waals surface area contributed by atoms with Crippen molar-refractivity contribution in [1.82, 2.24) is 16.0 Å². The van der Waals surface area contributed by atoms with Crippen LogP contribution in [0, 0.1) is 5.92 Å². The lowest BCUT2D eigenvalue weighted by molar-refractivity contribution is -0.121. The molecule has 0 aromatic heterocycles. The van der Waals surface area contributed by atoms with E-state index < -0.39 is 0 Å². The highest BCUT2D eigenvalue weighted by Gasteiger charge is 2.22. The smallest absolute Gasteiger partial charge is 0.234 e. The van der Waals surface area contributed by atoms with Crippen LogP contribution in [-0.4, -0.2) is 37.5 Å². The zero-order chi connectivity index (χ0) is 12.0. The van der Waals surface area contributed by atoms with Crippen molar-refractivity contribution in [2.45, 2.75) is 32.7 Å². The minimum absolute atomic E-state index is 0.0286. The van der Waals surface area contributed by atoms with E-state index in [1.165, 1.54) is 0 Å². The second kappa shape index (κ2) is 6.48. The van der Waals surface area contributed by atoms with Gasteiger partial charge >= 0.3 is 0 Å². The predicted molar refractivity (Wildman–Crippen MR) is 61.9 cm³/mol. The molecular formula is C11H21N3O2. The van der Waals surface area contributed by atoms with Crippen LogP contribution in [0.1, 0.15) is 26.7 Å². The Kier molecular flexibility index (Phi) is 5.25. The van der Waals surface area contributed by atoms with Crippen molar-refractivity contribution < 1.29 is 9.59 Å². The largest absolute Gasteiger partial charge is 0.355 e. The summed E-state index contributed by atoms with van der Waals surface area (Å²) >= 11 is 0. The third-order valence-corrected chi connectivity index (χ3v) is 2.22. The highest BCUT2D eigenvalue weighted by atomic mass is 16.2. The van der Waals surface area contributed by atoms with Gasteiger partial charge in [0.15, 0.2) is 0 Å². The van der Waals surface area contributed by atoms with Gasteiger partial charge in [0.2, 0.25) is 11.8 Å². The molecule has 0 spiro atoms. The summed E-state index contributed by atoms with van der Waals surface area (Å²) in [6.45, 7) is 5.17. The molecule has 5 heteroatoms. The van der Waals surface area contributed by atoms with E-state index in [0.29, 0.717) is 18.5 Å². The minimum Gasteiger partial charge on any atom is -0.355 e. The Hall–Kier alpha value is -1.10. The van der Waals surface area contributed by atoms with Crippen LogP contribution in [0.4, 0.5) is 0 Å². The van der Waals surface area contributed by atoms with Crippen molar-refractivity contribution in [2.75, 3.05) is 19.6 Å². The van der Waals surface area contributed by atoms with Gasteiger partial charge in [0.25, 0.3) is 0 Å². The van der Waals surface area contributed by atoms with E-state index in [2.05, 4.69) is 16.0 Å². The lowest BCUT2D eigenvalue weighted by Gasteiger charge is -2.08. The van der Waals surface area contributed by atoms with Gasteiger partial charge in [-0.25, -0.2) is 0 Å². The highest BCUT2D eigenvalue weighted by Crippen LogP contribution is 2.17. The standard InChI is InChI=1S/C11H21N3O2/c1-8(2)5-13-10(15)6-12-7-11(16)14-9-3-4-9/h8-9,12H,3-7H2,1-2H3,(H,13,15)(H,14,16). The van der Waals surface area contributed by atoms with Crippen LogP contribution in [0.15, 0.2) is 0 Å². The molecule has 0 aliphatic heterocycles. The number of amides is 2. The Morgan fingerprint density at radius 3 is 2.38 bits per heavy atom. The van der Waals surface area contributed by atoms with Crippen LogP contribution in [-0.2, 0) is 9.59 Å². The van der Waals surface area contributed by atoms with E-state index in [4.69, 9.17) is 0 Å². The first kappa shape index (κ1) is 13.0. The van der Waals surface area contributed by atoms with Crippen LogP contribution >= 0.6 is 0 Å². The SMILES string of the molecule is CC(C)CNC(=O)CNCC(=O)NC1CC1. The first-order valence-electron chi connectivity index (χ1n) is 5.84. The summed E-state index contributed by atoms with van der Waals surface area (Å²) in [5.74, 6) is 0.356. The zero-order valence-electron chi connectivity index (χ0n) is 10.0. The average molecular weight is 227 g/mol. The molecule has 0 aromatic carbocycles. The topological polar surface area (TPSA) is 70.2 Å². The Morgan fingerprint density at radius 2 is 1.81 bits per heavy atom. The summed E-state index contributed by atoms with van der Waals surface area (Å²) in [6.07, 6.45) is 2.17. The molecule has 1 fully saturated rings. The lowest BCUT2D eigenvalue weighted by Crippen LogP contribution is -2.41. The fraction of sp³-hybridized carbons (Fsp3) is 0.818. The van der Waals surface area contributed by atoms with Crippen LogP contribution in [0.2, 0.25) is 0 Å². The monoisotopic (exact) mass is 227 g/mol. The Balaban J connectivity index is 1.96. The summed E-state index contributed by atoms with van der Waals surface area (Å²) < 4.78 is 0. The number of hydrogen-bond donors (Lipinski definition) is 3. The molecule has 0 radical (unpaired) electrons. The normalized spacial score (nSPS) is 14.9. The molecule has 1 saturated carbocycles. The van der Waals surface area contributed by atoms with E-state index in [9.17, 15) is 9.59 Å². The van der Waals surface area contributed by atoms with Crippen molar-refractivity contribution in [3.63, 3.8) is 0 Å². The molecular weight excluding hydrogens is 206 g/mol. The van der Waals surface area contributed by atoms with Crippen LogP contribution in [0.25, 0.3) is 0 Å². The first-order chi connectivity index (χ1) is 7.58. The quantitative estimate of drug-likeness (QED) is 0.555. The molecule has 0 unspecified atom stereocenters. The molecule has 0 aromatic rings. The van der Waals surface area contributed by atoms with E-state index in [0.717, 1.165) is 12.8 Å². The Morgan fingerprint density at radius 1 is 1.19 bits per heavy atom. The van der Waals surface area contributed by atoms with Crippen molar-refractivity contribution in [1.29, 1.82) is 0 Å². The predicted octanol–water partition coefficient (Wildman–Crippen LogP) is -0.373. The molecule has 1 aliphatic carbocycles. The number of rotatable bonds is 7. The fourth-order valence-electron chi connectivity index (χ4n) is 1.18. The lowest BCUT2D eigenvalue weighted by atomic mass is 10.2. The number of carbonyl (C=O) groups excluding carboxylic acids is 2. The van der Waals surface area contributed by atoms with Crippen LogP contribution in [0.5, 0.6) is 0 Å². The van der Waals surface area contributed by atoms with Gasteiger partial charge in [-0.3, -0.25) is 14.9 Å². The second-order valence-electron chi connectivity index (χ2n) is 4.64. The van der Waals surface area contributed by atoms with Gasteiger partial charge in [-0.2, -0.15) is 0 Å².